The van der Waals surface area contributed by atoms with Gasteiger partial charge < -0.3 is 10.6 Å². The van der Waals surface area contributed by atoms with Crippen LogP contribution in [0, 0.1) is 5.92 Å². The maximum Gasteiger partial charge on any atom is 0.239 e. The van der Waals surface area contributed by atoms with Crippen molar-refractivity contribution < 1.29 is 4.79 Å². The Morgan fingerprint density at radius 1 is 1.18 bits per heavy atom. The van der Waals surface area contributed by atoms with Crippen LogP contribution in [0.25, 0.3) is 0 Å². The number of carbonyl (C=O) groups is 1. The highest BCUT2D eigenvalue weighted by atomic mass is 16.2. The lowest BCUT2D eigenvalue weighted by atomic mass is 9.98. The molecule has 2 atom stereocenters. The van der Waals surface area contributed by atoms with Crippen molar-refractivity contribution in [1.29, 1.82) is 0 Å². The highest BCUT2D eigenvalue weighted by Crippen LogP contribution is 2.11. The van der Waals surface area contributed by atoms with Crippen LogP contribution in [0.5, 0.6) is 0 Å². The summed E-state index contributed by atoms with van der Waals surface area (Å²) in [5, 5.41) is 0. The second-order valence-corrected chi connectivity index (χ2v) is 6.31. The predicted octanol–water partition coefficient (Wildman–Crippen LogP) is 1.75. The summed E-state index contributed by atoms with van der Waals surface area (Å²) in [5.41, 5.74) is 7.44. The van der Waals surface area contributed by atoms with Crippen molar-refractivity contribution in [2.24, 2.45) is 11.7 Å². The highest BCUT2D eigenvalue weighted by Gasteiger charge is 2.27. The van der Waals surface area contributed by atoms with E-state index in [4.69, 9.17) is 5.73 Å². The van der Waals surface area contributed by atoms with Crippen LogP contribution in [0.4, 0.5) is 0 Å². The average Bonchev–Trinajstić information content (AvgIpc) is 2.59. The molecule has 4 heteroatoms. The quantitative estimate of drug-likeness (QED) is 0.871. The van der Waals surface area contributed by atoms with Gasteiger partial charge >= 0.3 is 0 Å². The van der Waals surface area contributed by atoms with E-state index in [2.05, 4.69) is 49.1 Å². The summed E-state index contributed by atoms with van der Waals surface area (Å²) < 4.78 is 0. The normalized spacial score (nSPS) is 19.0. The molecule has 2 N–H and O–H groups in total. The van der Waals surface area contributed by atoms with E-state index >= 15 is 0 Å². The van der Waals surface area contributed by atoms with E-state index in [1.165, 1.54) is 5.56 Å². The lowest BCUT2D eigenvalue weighted by Crippen LogP contribution is -2.54. The van der Waals surface area contributed by atoms with Crippen LogP contribution in [0.2, 0.25) is 0 Å². The second kappa shape index (κ2) is 8.30. The molecule has 0 bridgehead atoms. The molecule has 1 aromatic rings. The first kappa shape index (κ1) is 17.0. The highest BCUT2D eigenvalue weighted by molar-refractivity contribution is 5.82. The third-order valence-corrected chi connectivity index (χ3v) is 4.79. The molecule has 2 unspecified atom stereocenters. The van der Waals surface area contributed by atoms with Gasteiger partial charge in [0, 0.05) is 32.7 Å². The Balaban J connectivity index is 1.74. The first-order valence-corrected chi connectivity index (χ1v) is 8.42. The van der Waals surface area contributed by atoms with Gasteiger partial charge in [-0.15, -0.1) is 0 Å². The number of nitrogens with zero attached hydrogens (tertiary/aromatic N) is 2. The van der Waals surface area contributed by atoms with Crippen molar-refractivity contribution in [3.63, 3.8) is 0 Å². The predicted molar refractivity (Wildman–Crippen MR) is 90.6 cm³/mol. The van der Waals surface area contributed by atoms with Gasteiger partial charge in [-0.25, -0.2) is 0 Å². The molecule has 22 heavy (non-hydrogen) atoms. The van der Waals surface area contributed by atoms with Crippen LogP contribution in [0.3, 0.4) is 0 Å². The zero-order valence-electron chi connectivity index (χ0n) is 13.9. The summed E-state index contributed by atoms with van der Waals surface area (Å²) in [4.78, 5) is 16.7. The molecule has 1 saturated heterocycles. The first-order valence-electron chi connectivity index (χ1n) is 8.42. The number of rotatable bonds is 6. The molecule has 0 spiro atoms. The van der Waals surface area contributed by atoms with E-state index < -0.39 is 0 Å². The SMILES string of the molecule is CCC(C)C(N)C(=O)N1CCN(CCc2ccccc2)CC1. The Morgan fingerprint density at radius 3 is 2.41 bits per heavy atom. The van der Waals surface area contributed by atoms with Crippen LogP contribution in [0.15, 0.2) is 30.3 Å². The number of piperazine rings is 1. The number of hydrogen-bond acceptors (Lipinski definition) is 3. The molecular formula is C18H29N3O. The Kier molecular flexibility index (Phi) is 6.40. The van der Waals surface area contributed by atoms with Gasteiger partial charge in [-0.3, -0.25) is 9.69 Å². The maximum atomic E-state index is 12.4. The molecule has 0 saturated carbocycles. The van der Waals surface area contributed by atoms with Crippen molar-refractivity contribution in [3.8, 4) is 0 Å². The molecule has 1 heterocycles. The average molecular weight is 303 g/mol. The van der Waals surface area contributed by atoms with E-state index in [1.807, 2.05) is 4.90 Å². The molecule has 4 nitrogen and oxygen atoms in total. The Morgan fingerprint density at radius 2 is 1.82 bits per heavy atom. The third kappa shape index (κ3) is 4.55. The summed E-state index contributed by atoms with van der Waals surface area (Å²) in [6.45, 7) is 8.70. The zero-order chi connectivity index (χ0) is 15.9. The molecule has 0 aliphatic carbocycles. The van der Waals surface area contributed by atoms with Gasteiger partial charge in [0.2, 0.25) is 5.91 Å². The van der Waals surface area contributed by atoms with Gasteiger partial charge in [-0.1, -0.05) is 50.6 Å². The second-order valence-electron chi connectivity index (χ2n) is 6.31. The minimum absolute atomic E-state index is 0.122. The number of amides is 1. The standard InChI is InChI=1S/C18H29N3O/c1-3-15(2)17(19)18(22)21-13-11-20(12-14-21)10-9-16-7-5-4-6-8-16/h4-8,15,17H,3,9-14,19H2,1-2H3. The number of nitrogens with two attached hydrogens (primary N) is 1. The molecule has 1 aliphatic rings. The molecule has 2 rings (SSSR count). The summed E-state index contributed by atoms with van der Waals surface area (Å²) >= 11 is 0. The minimum atomic E-state index is -0.346. The van der Waals surface area contributed by atoms with Gasteiger partial charge in [0.15, 0.2) is 0 Å². The van der Waals surface area contributed by atoms with E-state index in [9.17, 15) is 4.79 Å². The molecule has 1 amide bonds. The van der Waals surface area contributed by atoms with Crippen molar-refractivity contribution in [3.05, 3.63) is 35.9 Å². The molecular weight excluding hydrogens is 274 g/mol. The molecule has 0 aromatic heterocycles. The summed E-state index contributed by atoms with van der Waals surface area (Å²) in [5.74, 6) is 0.376. The fourth-order valence-corrected chi connectivity index (χ4v) is 2.83. The molecule has 122 valence electrons. The van der Waals surface area contributed by atoms with E-state index in [1.54, 1.807) is 0 Å². The van der Waals surface area contributed by atoms with Crippen molar-refractivity contribution >= 4 is 5.91 Å². The lowest BCUT2D eigenvalue weighted by molar-refractivity contribution is -0.135. The van der Waals surface area contributed by atoms with Crippen molar-refractivity contribution in [2.45, 2.75) is 32.7 Å². The van der Waals surface area contributed by atoms with Crippen LogP contribution in [0.1, 0.15) is 25.8 Å². The molecule has 1 fully saturated rings. The summed E-state index contributed by atoms with van der Waals surface area (Å²) in [7, 11) is 0. The minimum Gasteiger partial charge on any atom is -0.339 e. The zero-order valence-corrected chi connectivity index (χ0v) is 13.9. The number of hydrogen-bond donors (Lipinski definition) is 1. The van der Waals surface area contributed by atoms with E-state index in [0.717, 1.165) is 45.6 Å². The van der Waals surface area contributed by atoms with Gasteiger partial charge in [0.1, 0.15) is 0 Å². The fourth-order valence-electron chi connectivity index (χ4n) is 2.83. The van der Waals surface area contributed by atoms with Crippen LogP contribution < -0.4 is 5.73 Å². The first-order chi connectivity index (χ1) is 10.6. The van der Waals surface area contributed by atoms with Gasteiger partial charge in [-0.2, -0.15) is 0 Å². The monoisotopic (exact) mass is 303 g/mol. The van der Waals surface area contributed by atoms with Crippen molar-refractivity contribution in [2.75, 3.05) is 32.7 Å². The van der Waals surface area contributed by atoms with E-state index in [0.29, 0.717) is 0 Å². The number of carbonyl (C=O) groups excluding carboxylic acids is 1. The Hall–Kier alpha value is -1.39. The molecule has 0 radical (unpaired) electrons. The summed E-state index contributed by atoms with van der Waals surface area (Å²) in [6.07, 6.45) is 2.02. The van der Waals surface area contributed by atoms with E-state index in [-0.39, 0.29) is 17.9 Å². The van der Waals surface area contributed by atoms with Crippen LogP contribution >= 0.6 is 0 Å². The topological polar surface area (TPSA) is 49.6 Å². The van der Waals surface area contributed by atoms with Crippen LogP contribution in [-0.2, 0) is 11.2 Å². The number of benzene rings is 1. The molecule has 1 aromatic carbocycles. The smallest absolute Gasteiger partial charge is 0.239 e. The fraction of sp³-hybridized carbons (Fsp3) is 0.611. The molecule has 1 aliphatic heterocycles. The van der Waals surface area contributed by atoms with Crippen molar-refractivity contribution in [1.82, 2.24) is 9.80 Å². The van der Waals surface area contributed by atoms with Gasteiger partial charge in [0.05, 0.1) is 6.04 Å². The lowest BCUT2D eigenvalue weighted by Gasteiger charge is -2.36. The van der Waals surface area contributed by atoms with Crippen LogP contribution in [-0.4, -0.2) is 54.5 Å². The summed E-state index contributed by atoms with van der Waals surface area (Å²) in [6, 6.07) is 10.2. The largest absolute Gasteiger partial charge is 0.339 e. The maximum absolute atomic E-state index is 12.4. The Labute approximate surface area is 134 Å². The Bertz CT molecular complexity index is 455. The third-order valence-electron chi connectivity index (χ3n) is 4.79. The van der Waals surface area contributed by atoms with Gasteiger partial charge in [0.25, 0.3) is 0 Å². The van der Waals surface area contributed by atoms with Gasteiger partial charge in [-0.05, 0) is 17.9 Å².